The van der Waals surface area contributed by atoms with Crippen molar-refractivity contribution in [3.8, 4) is 5.75 Å². The summed E-state index contributed by atoms with van der Waals surface area (Å²) in [6.07, 6.45) is 0.878. The Morgan fingerprint density at radius 3 is 2.28 bits per heavy atom. The van der Waals surface area contributed by atoms with Gasteiger partial charge in [-0.3, -0.25) is 9.59 Å². The molecule has 1 aliphatic rings. The summed E-state index contributed by atoms with van der Waals surface area (Å²) in [5.41, 5.74) is 0.441. The van der Waals surface area contributed by atoms with Crippen molar-refractivity contribution in [3.63, 3.8) is 0 Å². The van der Waals surface area contributed by atoms with Gasteiger partial charge in [0.25, 0.3) is 5.91 Å². The van der Waals surface area contributed by atoms with Crippen LogP contribution in [0, 0.1) is 5.82 Å². The molecule has 0 atom stereocenters. The van der Waals surface area contributed by atoms with Crippen molar-refractivity contribution in [1.82, 2.24) is 9.80 Å². The summed E-state index contributed by atoms with van der Waals surface area (Å²) in [5, 5.41) is 0.824. The second kappa shape index (κ2) is 9.94. The quantitative estimate of drug-likeness (QED) is 0.632. The van der Waals surface area contributed by atoms with E-state index in [1.165, 1.54) is 12.1 Å². The van der Waals surface area contributed by atoms with Crippen molar-refractivity contribution in [2.45, 2.75) is 12.8 Å². The summed E-state index contributed by atoms with van der Waals surface area (Å²) in [6, 6.07) is 10.7. The predicted octanol–water partition coefficient (Wildman–Crippen LogP) is 4.28. The van der Waals surface area contributed by atoms with Gasteiger partial charge in [-0.2, -0.15) is 0 Å². The molecule has 29 heavy (non-hydrogen) atoms. The van der Waals surface area contributed by atoms with Crippen LogP contribution in [0.25, 0.3) is 0 Å². The average molecular weight is 439 g/mol. The summed E-state index contributed by atoms with van der Waals surface area (Å²) in [6.45, 7) is 2.19. The van der Waals surface area contributed by atoms with Crippen LogP contribution < -0.4 is 4.74 Å². The number of benzene rings is 2. The van der Waals surface area contributed by atoms with Crippen LogP contribution in [-0.2, 0) is 4.79 Å². The molecule has 1 heterocycles. The molecule has 0 aromatic heterocycles. The number of hydrogen-bond donors (Lipinski definition) is 0. The fourth-order valence-corrected chi connectivity index (χ4v) is 3.67. The summed E-state index contributed by atoms with van der Waals surface area (Å²) in [7, 11) is 0. The van der Waals surface area contributed by atoms with E-state index in [0.29, 0.717) is 67.0 Å². The van der Waals surface area contributed by atoms with Crippen LogP contribution in [0.15, 0.2) is 42.5 Å². The van der Waals surface area contributed by atoms with E-state index in [0.717, 1.165) is 0 Å². The highest BCUT2D eigenvalue weighted by Crippen LogP contribution is 2.21. The van der Waals surface area contributed by atoms with Gasteiger partial charge >= 0.3 is 0 Å². The zero-order valence-corrected chi connectivity index (χ0v) is 17.3. The Kier molecular flexibility index (Phi) is 7.34. The molecule has 154 valence electrons. The van der Waals surface area contributed by atoms with Crippen LogP contribution in [0.2, 0.25) is 10.0 Å². The Labute approximate surface area is 178 Å². The second-order valence-corrected chi connectivity index (χ2v) is 7.61. The third-order valence-electron chi connectivity index (χ3n) is 4.63. The molecule has 8 heteroatoms. The highest BCUT2D eigenvalue weighted by molar-refractivity contribution is 6.35. The Morgan fingerprint density at radius 2 is 1.62 bits per heavy atom. The topological polar surface area (TPSA) is 49.9 Å². The molecule has 5 nitrogen and oxygen atoms in total. The van der Waals surface area contributed by atoms with E-state index in [1.807, 2.05) is 0 Å². The van der Waals surface area contributed by atoms with Gasteiger partial charge in [0, 0.05) is 54.3 Å². The fraction of sp³-hybridized carbons (Fsp3) is 0.333. The van der Waals surface area contributed by atoms with Crippen molar-refractivity contribution >= 4 is 35.0 Å². The van der Waals surface area contributed by atoms with Crippen LogP contribution in [0.3, 0.4) is 0 Å². The van der Waals surface area contributed by atoms with Crippen LogP contribution >= 0.6 is 23.2 Å². The Morgan fingerprint density at radius 1 is 0.966 bits per heavy atom. The second-order valence-electron chi connectivity index (χ2n) is 6.74. The van der Waals surface area contributed by atoms with Crippen molar-refractivity contribution < 1.29 is 18.7 Å². The van der Waals surface area contributed by atoms with Gasteiger partial charge in [-0.15, -0.1) is 0 Å². The Hall–Kier alpha value is -2.31. The van der Waals surface area contributed by atoms with E-state index >= 15 is 0 Å². The number of carbonyl (C=O) groups excluding carboxylic acids is 2. The molecule has 2 aromatic rings. The van der Waals surface area contributed by atoms with Gasteiger partial charge in [0.2, 0.25) is 5.91 Å². The Balaban J connectivity index is 1.41. The number of piperazine rings is 1. The first-order valence-electron chi connectivity index (χ1n) is 9.34. The van der Waals surface area contributed by atoms with Crippen LogP contribution in [0.4, 0.5) is 4.39 Å². The largest absolute Gasteiger partial charge is 0.493 e. The lowest BCUT2D eigenvalue weighted by Crippen LogP contribution is -2.50. The van der Waals surface area contributed by atoms with Crippen molar-refractivity contribution in [1.29, 1.82) is 0 Å². The molecule has 0 aliphatic carbocycles. The Bertz CT molecular complexity index is 866. The summed E-state index contributed by atoms with van der Waals surface area (Å²) in [4.78, 5) is 28.4. The van der Waals surface area contributed by atoms with Gasteiger partial charge < -0.3 is 14.5 Å². The first kappa shape index (κ1) is 21.4. The lowest BCUT2D eigenvalue weighted by atomic mass is 10.1. The van der Waals surface area contributed by atoms with E-state index in [1.54, 1.807) is 40.1 Å². The third kappa shape index (κ3) is 6.08. The van der Waals surface area contributed by atoms with Crippen molar-refractivity contribution in [3.05, 3.63) is 63.9 Å². The monoisotopic (exact) mass is 438 g/mol. The maximum absolute atomic E-state index is 13.1. The van der Waals surface area contributed by atoms with Crippen LogP contribution in [0.5, 0.6) is 5.75 Å². The van der Waals surface area contributed by atoms with Crippen molar-refractivity contribution in [2.75, 3.05) is 32.8 Å². The van der Waals surface area contributed by atoms with E-state index in [2.05, 4.69) is 0 Å². The van der Waals surface area contributed by atoms with Gasteiger partial charge in [-0.05, 0) is 36.8 Å². The number of carbonyl (C=O) groups is 2. The minimum absolute atomic E-state index is 0.0192. The maximum Gasteiger partial charge on any atom is 0.254 e. The van der Waals surface area contributed by atoms with Crippen molar-refractivity contribution in [2.24, 2.45) is 0 Å². The summed E-state index contributed by atoms with van der Waals surface area (Å²) in [5.74, 6) is -0.0348. The zero-order valence-electron chi connectivity index (χ0n) is 15.7. The average Bonchev–Trinajstić information content (AvgIpc) is 2.70. The van der Waals surface area contributed by atoms with Gasteiger partial charge in [-0.25, -0.2) is 4.39 Å². The lowest BCUT2D eigenvalue weighted by molar-refractivity contribution is -0.132. The molecule has 0 radical (unpaired) electrons. The highest BCUT2D eigenvalue weighted by atomic mass is 35.5. The minimum atomic E-state index is -0.356. The zero-order chi connectivity index (χ0) is 20.8. The number of halogens is 3. The summed E-state index contributed by atoms with van der Waals surface area (Å²) >= 11 is 11.9. The van der Waals surface area contributed by atoms with Crippen LogP contribution in [-0.4, -0.2) is 54.4 Å². The normalized spacial score (nSPS) is 14.0. The van der Waals surface area contributed by atoms with E-state index in [4.69, 9.17) is 27.9 Å². The molecule has 2 amide bonds. The number of ether oxygens (including phenoxy) is 1. The van der Waals surface area contributed by atoms with Gasteiger partial charge in [0.05, 0.1) is 6.61 Å². The summed E-state index contributed by atoms with van der Waals surface area (Å²) < 4.78 is 18.6. The maximum atomic E-state index is 13.1. The number of hydrogen-bond acceptors (Lipinski definition) is 3. The van der Waals surface area contributed by atoms with Gasteiger partial charge in [-0.1, -0.05) is 29.3 Å². The number of rotatable bonds is 6. The minimum Gasteiger partial charge on any atom is -0.493 e. The first-order valence-corrected chi connectivity index (χ1v) is 10.1. The molecule has 3 rings (SSSR count). The standard InChI is InChI=1S/C21H21Cl2FN2O3/c22-16-11-15(12-17(23)13-16)21(28)26-8-6-25(7-9-26)20(27)5-2-10-29-19-4-1-3-18(24)14-19/h1,3-4,11-14H,2,5-10H2. The molecule has 0 unspecified atom stereocenters. The molecule has 0 N–H and O–H groups in total. The highest BCUT2D eigenvalue weighted by Gasteiger charge is 2.25. The van der Waals surface area contributed by atoms with Gasteiger partial charge in [0.1, 0.15) is 11.6 Å². The molecule has 1 aliphatic heterocycles. The van der Waals surface area contributed by atoms with E-state index in [-0.39, 0.29) is 17.6 Å². The first-order chi connectivity index (χ1) is 13.9. The molecule has 0 saturated carbocycles. The van der Waals surface area contributed by atoms with E-state index < -0.39 is 0 Å². The molecular formula is C21H21Cl2FN2O3. The molecule has 1 fully saturated rings. The molecule has 1 saturated heterocycles. The van der Waals surface area contributed by atoms with Gasteiger partial charge in [0.15, 0.2) is 0 Å². The smallest absolute Gasteiger partial charge is 0.254 e. The molecular weight excluding hydrogens is 418 g/mol. The lowest BCUT2D eigenvalue weighted by Gasteiger charge is -2.35. The third-order valence-corrected chi connectivity index (χ3v) is 5.07. The SMILES string of the molecule is O=C(CCCOc1cccc(F)c1)N1CCN(C(=O)c2cc(Cl)cc(Cl)c2)CC1. The molecule has 0 spiro atoms. The van der Waals surface area contributed by atoms with Crippen LogP contribution in [0.1, 0.15) is 23.2 Å². The molecule has 0 bridgehead atoms. The number of nitrogens with zero attached hydrogens (tertiary/aromatic N) is 2. The predicted molar refractivity (Wildman–Crippen MR) is 110 cm³/mol. The van der Waals surface area contributed by atoms with E-state index in [9.17, 15) is 14.0 Å². The fourth-order valence-electron chi connectivity index (χ4n) is 3.15. The molecule has 2 aromatic carbocycles. The number of amides is 2.